The average molecular weight is 283 g/mol. The molecule has 1 aliphatic heterocycles. The maximum atomic E-state index is 11.6. The molecule has 0 bridgehead atoms. The number of anilines is 1. The largest absolute Gasteiger partial charge is 0.481 e. The zero-order valence-electron chi connectivity index (χ0n) is 10.9. The number of hydrogen-bond acceptors (Lipinski definition) is 5. The number of aliphatic carboxylic acids is 1. The lowest BCUT2D eigenvalue weighted by molar-refractivity contribution is -0.142. The number of thiazole rings is 1. The first-order chi connectivity index (χ1) is 8.91. The Morgan fingerprint density at radius 1 is 1.63 bits per heavy atom. The van der Waals surface area contributed by atoms with E-state index in [9.17, 15) is 9.59 Å². The molecule has 1 aromatic heterocycles. The Balaban J connectivity index is 2.09. The van der Waals surface area contributed by atoms with Crippen LogP contribution in [0.5, 0.6) is 0 Å². The molecular formula is C12H17N3O3S. The molecule has 1 aliphatic rings. The quantitative estimate of drug-likeness (QED) is 0.772. The molecular weight excluding hydrogens is 266 g/mol. The van der Waals surface area contributed by atoms with Crippen LogP contribution in [0.2, 0.25) is 0 Å². The van der Waals surface area contributed by atoms with Gasteiger partial charge in [0.05, 0.1) is 5.69 Å². The number of piperidine rings is 1. The number of carbonyl (C=O) groups excluding carboxylic acids is 1. The van der Waals surface area contributed by atoms with Gasteiger partial charge in [0, 0.05) is 11.9 Å². The number of carboxylic acid groups (broad SMARTS) is 1. The van der Waals surface area contributed by atoms with Crippen molar-refractivity contribution in [1.82, 2.24) is 10.3 Å². The molecule has 1 amide bonds. The van der Waals surface area contributed by atoms with Gasteiger partial charge in [-0.15, -0.1) is 11.3 Å². The van der Waals surface area contributed by atoms with Gasteiger partial charge in [-0.25, -0.2) is 4.98 Å². The van der Waals surface area contributed by atoms with Crippen molar-refractivity contribution in [2.24, 2.45) is 0 Å². The molecule has 6 nitrogen and oxygen atoms in total. The molecule has 0 aliphatic carbocycles. The zero-order valence-corrected chi connectivity index (χ0v) is 11.7. The second-order valence-corrected chi connectivity index (χ2v) is 5.96. The summed E-state index contributed by atoms with van der Waals surface area (Å²) in [7, 11) is 0. The van der Waals surface area contributed by atoms with Crippen molar-refractivity contribution in [2.75, 3.05) is 11.9 Å². The molecule has 0 spiro atoms. The first-order valence-corrected chi connectivity index (χ1v) is 7.03. The Hall–Kier alpha value is -1.63. The summed E-state index contributed by atoms with van der Waals surface area (Å²) in [5.41, 5.74) is -0.519. The summed E-state index contributed by atoms with van der Waals surface area (Å²) >= 11 is 1.32. The predicted octanol–water partition coefficient (Wildman–Crippen LogP) is 1.20. The summed E-state index contributed by atoms with van der Waals surface area (Å²) in [5, 5.41) is 17.3. The molecule has 1 fully saturated rings. The van der Waals surface area contributed by atoms with E-state index in [1.807, 2.05) is 0 Å². The van der Waals surface area contributed by atoms with Gasteiger partial charge in [0.2, 0.25) is 5.91 Å². The molecule has 1 aromatic rings. The van der Waals surface area contributed by atoms with Crippen LogP contribution in [0, 0.1) is 0 Å². The van der Waals surface area contributed by atoms with Gasteiger partial charge in [-0.05, 0) is 26.7 Å². The van der Waals surface area contributed by atoms with E-state index < -0.39 is 11.4 Å². The van der Waals surface area contributed by atoms with Gasteiger partial charge >= 0.3 is 5.97 Å². The third-order valence-electron chi connectivity index (χ3n) is 3.26. The molecule has 0 aromatic carbocycles. The number of nitrogens with one attached hydrogen (secondary N) is 2. The fraction of sp³-hybridized carbons (Fsp3) is 0.583. The van der Waals surface area contributed by atoms with Crippen molar-refractivity contribution in [3.05, 3.63) is 11.1 Å². The first-order valence-electron chi connectivity index (χ1n) is 6.15. The van der Waals surface area contributed by atoms with Crippen LogP contribution in [0.15, 0.2) is 5.38 Å². The monoisotopic (exact) mass is 283 g/mol. The summed E-state index contributed by atoms with van der Waals surface area (Å²) in [6.07, 6.45) is 1.70. The molecule has 2 rings (SSSR count). The van der Waals surface area contributed by atoms with E-state index in [2.05, 4.69) is 15.6 Å². The number of carbonyl (C=O) groups is 2. The smallest absolute Gasteiger partial charge is 0.315 e. The molecule has 1 unspecified atom stereocenters. The van der Waals surface area contributed by atoms with E-state index in [4.69, 9.17) is 5.11 Å². The van der Waals surface area contributed by atoms with Crippen LogP contribution in [0.3, 0.4) is 0 Å². The number of amides is 1. The highest BCUT2D eigenvalue weighted by molar-refractivity contribution is 7.13. The molecule has 104 valence electrons. The Bertz CT molecular complexity index is 498. The van der Waals surface area contributed by atoms with Crippen molar-refractivity contribution in [1.29, 1.82) is 0 Å². The van der Waals surface area contributed by atoms with Crippen LogP contribution in [0.1, 0.15) is 32.4 Å². The van der Waals surface area contributed by atoms with Crippen molar-refractivity contribution in [2.45, 2.75) is 38.1 Å². The van der Waals surface area contributed by atoms with E-state index >= 15 is 0 Å². The lowest BCUT2D eigenvalue weighted by Crippen LogP contribution is -2.44. The fourth-order valence-electron chi connectivity index (χ4n) is 1.80. The molecule has 0 saturated carbocycles. The van der Waals surface area contributed by atoms with E-state index in [0.717, 1.165) is 12.8 Å². The van der Waals surface area contributed by atoms with Crippen molar-refractivity contribution >= 4 is 28.3 Å². The van der Waals surface area contributed by atoms with Crippen LogP contribution < -0.4 is 10.6 Å². The van der Waals surface area contributed by atoms with Crippen molar-refractivity contribution < 1.29 is 14.7 Å². The summed E-state index contributed by atoms with van der Waals surface area (Å²) in [5.74, 6) is -0.944. The van der Waals surface area contributed by atoms with Gasteiger partial charge in [-0.1, -0.05) is 0 Å². The maximum Gasteiger partial charge on any atom is 0.315 e. The Morgan fingerprint density at radius 2 is 2.37 bits per heavy atom. The van der Waals surface area contributed by atoms with Crippen LogP contribution in [0.4, 0.5) is 5.13 Å². The second kappa shape index (κ2) is 5.16. The zero-order chi connectivity index (χ0) is 14.0. The van der Waals surface area contributed by atoms with Crippen LogP contribution in [-0.4, -0.2) is 34.6 Å². The van der Waals surface area contributed by atoms with E-state index in [0.29, 0.717) is 17.4 Å². The molecule has 1 atom stereocenters. The topological polar surface area (TPSA) is 91.3 Å². The van der Waals surface area contributed by atoms with Gasteiger partial charge in [0.25, 0.3) is 0 Å². The van der Waals surface area contributed by atoms with Gasteiger partial charge in [-0.3, -0.25) is 9.59 Å². The summed E-state index contributed by atoms with van der Waals surface area (Å²) in [4.78, 5) is 27.1. The van der Waals surface area contributed by atoms with Crippen molar-refractivity contribution in [3.8, 4) is 0 Å². The second-order valence-electron chi connectivity index (χ2n) is 5.10. The third-order valence-corrected chi connectivity index (χ3v) is 4.04. The Kier molecular flexibility index (Phi) is 3.75. The molecule has 0 radical (unpaired) electrons. The Labute approximate surface area is 115 Å². The normalized spacial score (nSPS) is 19.9. The fourth-order valence-corrected chi connectivity index (χ4v) is 2.73. The van der Waals surface area contributed by atoms with Gasteiger partial charge in [0.1, 0.15) is 11.5 Å². The summed E-state index contributed by atoms with van der Waals surface area (Å²) < 4.78 is 0. The standard InChI is InChI=1S/C12H17N3O3S/c1-12(2,10(17)18)8-6-19-11(15-8)14-7-4-3-5-13-9(7)16/h6-7H,3-5H2,1-2H3,(H,13,16)(H,14,15)(H,17,18). The highest BCUT2D eigenvalue weighted by Gasteiger charge is 2.32. The van der Waals surface area contributed by atoms with E-state index in [-0.39, 0.29) is 11.9 Å². The molecule has 7 heteroatoms. The van der Waals surface area contributed by atoms with E-state index in [1.165, 1.54) is 11.3 Å². The number of nitrogens with zero attached hydrogens (tertiary/aromatic N) is 1. The molecule has 2 heterocycles. The lowest BCUT2D eigenvalue weighted by Gasteiger charge is -2.22. The SMILES string of the molecule is CC(C)(C(=O)O)c1csc(NC2CCCNC2=O)n1. The minimum atomic E-state index is -1.02. The number of carboxylic acids is 1. The van der Waals surface area contributed by atoms with Crippen LogP contribution >= 0.6 is 11.3 Å². The number of hydrogen-bond donors (Lipinski definition) is 3. The molecule has 19 heavy (non-hydrogen) atoms. The van der Waals surface area contributed by atoms with Gasteiger partial charge in [0.15, 0.2) is 5.13 Å². The summed E-state index contributed by atoms with van der Waals surface area (Å²) in [6, 6.07) is -0.277. The van der Waals surface area contributed by atoms with Crippen LogP contribution in [0.25, 0.3) is 0 Å². The van der Waals surface area contributed by atoms with E-state index in [1.54, 1.807) is 19.2 Å². The maximum absolute atomic E-state index is 11.6. The Morgan fingerprint density at radius 3 is 3.00 bits per heavy atom. The minimum absolute atomic E-state index is 0.0273. The lowest BCUT2D eigenvalue weighted by atomic mass is 9.90. The molecule has 1 saturated heterocycles. The first kappa shape index (κ1) is 13.8. The third kappa shape index (κ3) is 2.86. The highest BCUT2D eigenvalue weighted by atomic mass is 32.1. The number of rotatable bonds is 4. The minimum Gasteiger partial charge on any atom is -0.481 e. The summed E-state index contributed by atoms with van der Waals surface area (Å²) in [6.45, 7) is 3.94. The number of aromatic nitrogens is 1. The van der Waals surface area contributed by atoms with Crippen molar-refractivity contribution in [3.63, 3.8) is 0 Å². The average Bonchev–Trinajstić information content (AvgIpc) is 2.81. The van der Waals surface area contributed by atoms with Gasteiger partial charge in [-0.2, -0.15) is 0 Å². The highest BCUT2D eigenvalue weighted by Crippen LogP contribution is 2.28. The van der Waals surface area contributed by atoms with Crippen LogP contribution in [-0.2, 0) is 15.0 Å². The molecule has 3 N–H and O–H groups in total. The predicted molar refractivity (Wildman–Crippen MR) is 72.4 cm³/mol. The van der Waals surface area contributed by atoms with Gasteiger partial charge < -0.3 is 15.7 Å².